The van der Waals surface area contributed by atoms with E-state index in [1.165, 1.54) is 32.5 Å². The number of rotatable bonds is 1. The fraction of sp³-hybridized carbons (Fsp3) is 1.00. The maximum Gasteiger partial charge on any atom is 0.00826 e. The highest BCUT2D eigenvalue weighted by molar-refractivity contribution is 5.85. The molecule has 1 saturated carbocycles. The maximum atomic E-state index is 6.12. The molecule has 0 radical (unpaired) electrons. The minimum atomic E-state index is 0. The Balaban J connectivity index is 0.00000112. The molecule has 0 aromatic carbocycles. The van der Waals surface area contributed by atoms with E-state index in [9.17, 15) is 0 Å². The van der Waals surface area contributed by atoms with Gasteiger partial charge in [-0.25, -0.2) is 0 Å². The van der Waals surface area contributed by atoms with Crippen LogP contribution in [0.4, 0.5) is 0 Å². The van der Waals surface area contributed by atoms with Gasteiger partial charge in [0.15, 0.2) is 0 Å². The van der Waals surface area contributed by atoms with Crippen LogP contribution in [0.5, 0.6) is 0 Å². The standard InChI is InChI=1S/C12H24N2.ClH/c1-12(2,3)8-14-6-9-4-5-11(13)10(9)7-14;/h9-11H,4-8,13H2,1-3H3;1H/t9-,10+,11?;/m0./s1. The lowest BCUT2D eigenvalue weighted by Crippen LogP contribution is -2.34. The van der Waals surface area contributed by atoms with E-state index >= 15 is 0 Å². The molecule has 1 aliphatic carbocycles. The fourth-order valence-electron chi connectivity index (χ4n) is 3.20. The van der Waals surface area contributed by atoms with Crippen LogP contribution in [0.25, 0.3) is 0 Å². The number of hydrogen-bond donors (Lipinski definition) is 1. The molecule has 2 fully saturated rings. The molecule has 90 valence electrons. The van der Waals surface area contributed by atoms with Gasteiger partial charge in [0.2, 0.25) is 0 Å². The van der Waals surface area contributed by atoms with E-state index < -0.39 is 0 Å². The summed E-state index contributed by atoms with van der Waals surface area (Å²) >= 11 is 0. The number of halogens is 1. The highest BCUT2D eigenvalue weighted by Gasteiger charge is 2.41. The molecular formula is C12H25ClN2. The van der Waals surface area contributed by atoms with Crippen LogP contribution in [0.2, 0.25) is 0 Å². The lowest BCUT2D eigenvalue weighted by molar-refractivity contribution is 0.212. The Morgan fingerprint density at radius 2 is 1.87 bits per heavy atom. The molecule has 2 nitrogen and oxygen atoms in total. The first-order valence-corrected chi connectivity index (χ1v) is 5.94. The third kappa shape index (κ3) is 3.08. The van der Waals surface area contributed by atoms with Gasteiger partial charge in [0, 0.05) is 25.7 Å². The van der Waals surface area contributed by atoms with Gasteiger partial charge >= 0.3 is 0 Å². The van der Waals surface area contributed by atoms with Gasteiger partial charge in [-0.3, -0.25) is 0 Å². The zero-order chi connectivity index (χ0) is 10.3. The van der Waals surface area contributed by atoms with E-state index in [2.05, 4.69) is 25.7 Å². The van der Waals surface area contributed by atoms with E-state index in [0.717, 1.165) is 11.8 Å². The van der Waals surface area contributed by atoms with Crippen LogP contribution in [-0.4, -0.2) is 30.6 Å². The highest BCUT2D eigenvalue weighted by atomic mass is 35.5. The maximum absolute atomic E-state index is 6.12. The predicted molar refractivity (Wildman–Crippen MR) is 67.3 cm³/mol. The van der Waals surface area contributed by atoms with Crippen molar-refractivity contribution < 1.29 is 0 Å². The summed E-state index contributed by atoms with van der Waals surface area (Å²) in [6.45, 7) is 10.7. The van der Waals surface area contributed by atoms with E-state index in [1.807, 2.05) is 0 Å². The largest absolute Gasteiger partial charge is 0.327 e. The summed E-state index contributed by atoms with van der Waals surface area (Å²) in [4.78, 5) is 2.62. The monoisotopic (exact) mass is 232 g/mol. The molecule has 2 N–H and O–H groups in total. The van der Waals surface area contributed by atoms with E-state index in [4.69, 9.17) is 5.73 Å². The number of nitrogens with zero attached hydrogens (tertiary/aromatic N) is 1. The van der Waals surface area contributed by atoms with Crippen molar-refractivity contribution in [2.75, 3.05) is 19.6 Å². The summed E-state index contributed by atoms with van der Waals surface area (Å²) in [5.74, 6) is 1.71. The molecule has 1 unspecified atom stereocenters. The Morgan fingerprint density at radius 3 is 2.40 bits per heavy atom. The van der Waals surface area contributed by atoms with Crippen LogP contribution in [0.3, 0.4) is 0 Å². The van der Waals surface area contributed by atoms with Gasteiger partial charge < -0.3 is 10.6 Å². The second kappa shape index (κ2) is 4.60. The van der Waals surface area contributed by atoms with Crippen molar-refractivity contribution in [1.29, 1.82) is 0 Å². The summed E-state index contributed by atoms with van der Waals surface area (Å²) < 4.78 is 0. The second-order valence-electron chi connectivity index (χ2n) is 6.42. The van der Waals surface area contributed by atoms with Crippen LogP contribution in [0, 0.1) is 17.3 Å². The average Bonchev–Trinajstić information content (AvgIpc) is 2.51. The molecule has 1 saturated heterocycles. The zero-order valence-corrected chi connectivity index (χ0v) is 11.0. The summed E-state index contributed by atoms with van der Waals surface area (Å²) in [6.07, 6.45) is 2.63. The SMILES string of the molecule is CC(C)(C)CN1C[C@@H]2CCC(N)[C@@H]2C1.Cl. The topological polar surface area (TPSA) is 29.3 Å². The van der Waals surface area contributed by atoms with Gasteiger partial charge in [-0.05, 0) is 30.1 Å². The summed E-state index contributed by atoms with van der Waals surface area (Å²) in [5.41, 5.74) is 6.55. The number of nitrogens with two attached hydrogens (primary N) is 1. The molecule has 0 aromatic rings. The Morgan fingerprint density at radius 1 is 1.20 bits per heavy atom. The van der Waals surface area contributed by atoms with Crippen molar-refractivity contribution in [2.45, 2.75) is 39.7 Å². The summed E-state index contributed by atoms with van der Waals surface area (Å²) in [5, 5.41) is 0. The first-order chi connectivity index (χ1) is 6.46. The molecule has 1 aliphatic heterocycles. The van der Waals surface area contributed by atoms with Gasteiger partial charge in [-0.1, -0.05) is 20.8 Å². The van der Waals surface area contributed by atoms with Crippen LogP contribution in [0.15, 0.2) is 0 Å². The number of likely N-dealkylation sites (tertiary alicyclic amines) is 1. The predicted octanol–water partition coefficient (Wildman–Crippen LogP) is 2.12. The summed E-state index contributed by atoms with van der Waals surface area (Å²) in [6, 6.07) is 0.491. The lowest BCUT2D eigenvalue weighted by atomic mass is 9.96. The van der Waals surface area contributed by atoms with Crippen LogP contribution in [0.1, 0.15) is 33.6 Å². The van der Waals surface area contributed by atoms with Crippen molar-refractivity contribution in [3.05, 3.63) is 0 Å². The smallest absolute Gasteiger partial charge is 0.00826 e. The molecule has 0 aromatic heterocycles. The average molecular weight is 233 g/mol. The zero-order valence-electron chi connectivity index (χ0n) is 10.2. The minimum absolute atomic E-state index is 0. The molecule has 3 heteroatoms. The van der Waals surface area contributed by atoms with Gasteiger partial charge in [-0.2, -0.15) is 0 Å². The molecule has 2 aliphatic rings. The normalized spacial score (nSPS) is 36.4. The van der Waals surface area contributed by atoms with Crippen molar-refractivity contribution in [3.8, 4) is 0 Å². The van der Waals surface area contributed by atoms with Crippen LogP contribution >= 0.6 is 12.4 Å². The number of fused-ring (bicyclic) bond motifs is 1. The second-order valence-corrected chi connectivity index (χ2v) is 6.42. The molecule has 2 rings (SSSR count). The Kier molecular flexibility index (Phi) is 4.07. The van der Waals surface area contributed by atoms with E-state index in [-0.39, 0.29) is 12.4 Å². The van der Waals surface area contributed by atoms with E-state index in [0.29, 0.717) is 11.5 Å². The van der Waals surface area contributed by atoms with Crippen molar-refractivity contribution in [1.82, 2.24) is 4.90 Å². The van der Waals surface area contributed by atoms with Gasteiger partial charge in [0.05, 0.1) is 0 Å². The van der Waals surface area contributed by atoms with Gasteiger partial charge in [0.1, 0.15) is 0 Å². The first-order valence-electron chi connectivity index (χ1n) is 5.94. The Bertz CT molecular complexity index is 212. The molecule has 1 heterocycles. The molecule has 15 heavy (non-hydrogen) atoms. The fourth-order valence-corrected chi connectivity index (χ4v) is 3.20. The van der Waals surface area contributed by atoms with Crippen LogP contribution in [-0.2, 0) is 0 Å². The van der Waals surface area contributed by atoms with E-state index in [1.54, 1.807) is 0 Å². The quantitative estimate of drug-likeness (QED) is 0.751. The Hall–Kier alpha value is 0.210. The summed E-state index contributed by atoms with van der Waals surface area (Å²) in [7, 11) is 0. The molecule has 0 bridgehead atoms. The van der Waals surface area contributed by atoms with Gasteiger partial charge in [0.25, 0.3) is 0 Å². The molecular weight excluding hydrogens is 208 g/mol. The lowest BCUT2D eigenvalue weighted by Gasteiger charge is -2.27. The Labute approximate surface area is 100.0 Å². The third-order valence-electron chi connectivity index (χ3n) is 3.69. The number of hydrogen-bond acceptors (Lipinski definition) is 2. The van der Waals surface area contributed by atoms with Crippen LogP contribution < -0.4 is 5.73 Å². The minimum Gasteiger partial charge on any atom is -0.327 e. The van der Waals surface area contributed by atoms with Gasteiger partial charge in [-0.15, -0.1) is 12.4 Å². The van der Waals surface area contributed by atoms with Crippen molar-refractivity contribution in [3.63, 3.8) is 0 Å². The molecule has 0 spiro atoms. The van der Waals surface area contributed by atoms with Crippen molar-refractivity contribution in [2.24, 2.45) is 23.0 Å². The first kappa shape index (κ1) is 13.3. The molecule has 0 amide bonds. The highest BCUT2D eigenvalue weighted by Crippen LogP contribution is 2.37. The third-order valence-corrected chi connectivity index (χ3v) is 3.69. The molecule has 3 atom stereocenters. The van der Waals surface area contributed by atoms with Crippen molar-refractivity contribution >= 4 is 12.4 Å².